The van der Waals surface area contributed by atoms with Crippen LogP contribution in [0.4, 0.5) is 10.5 Å². The second-order valence-corrected chi connectivity index (χ2v) is 5.94. The van der Waals surface area contributed by atoms with Gasteiger partial charge in [0.25, 0.3) is 5.91 Å². The van der Waals surface area contributed by atoms with E-state index in [1.165, 1.54) is 0 Å². The number of carbonyl (C=O) groups excluding carboxylic acids is 2. The molecule has 0 aromatic heterocycles. The molecule has 116 valence electrons. The minimum Gasteiger partial charge on any atom is -0.427 e. The van der Waals surface area contributed by atoms with Gasteiger partial charge in [0, 0.05) is 24.7 Å². The van der Waals surface area contributed by atoms with Crippen molar-refractivity contribution in [2.45, 2.75) is 18.1 Å². The molecule has 5 nitrogen and oxygen atoms in total. The molecule has 1 saturated heterocycles. The average Bonchev–Trinajstić information content (AvgIpc) is 2.84. The normalized spacial score (nSPS) is 26.0. The summed E-state index contributed by atoms with van der Waals surface area (Å²) in [6.07, 6.45) is -0.0980. The van der Waals surface area contributed by atoms with Gasteiger partial charge in [-0.1, -0.05) is 48.5 Å². The zero-order valence-corrected chi connectivity index (χ0v) is 12.7. The molecular weight excluding hydrogens is 292 g/mol. The zero-order valence-electron chi connectivity index (χ0n) is 12.7. The highest BCUT2D eigenvalue weighted by Gasteiger charge is 2.55. The lowest BCUT2D eigenvalue weighted by Crippen LogP contribution is -2.51. The van der Waals surface area contributed by atoms with E-state index >= 15 is 0 Å². The maximum absolute atomic E-state index is 12.6. The van der Waals surface area contributed by atoms with E-state index in [-0.39, 0.29) is 11.9 Å². The molecule has 0 radical (unpaired) electrons. The van der Waals surface area contributed by atoms with Gasteiger partial charge in [-0.2, -0.15) is 0 Å². The van der Waals surface area contributed by atoms with Crippen LogP contribution in [0.2, 0.25) is 0 Å². The SMILES string of the molecule is CN1C(=O)O[C@]2(C[C@H]1c1ccccc1)C(=O)Nc1ccccc12. The highest BCUT2D eigenvalue weighted by atomic mass is 16.6. The van der Waals surface area contributed by atoms with E-state index in [9.17, 15) is 9.59 Å². The predicted octanol–water partition coefficient (Wildman–Crippen LogP) is 3.05. The van der Waals surface area contributed by atoms with E-state index < -0.39 is 11.7 Å². The molecule has 1 fully saturated rings. The number of para-hydroxylation sites is 1. The first kappa shape index (κ1) is 13.8. The minimum absolute atomic E-state index is 0.214. The standard InChI is InChI=1S/C18H16N2O3/c1-20-15(12-7-3-2-4-8-12)11-18(23-17(20)22)13-9-5-6-10-14(13)19-16(18)21/h2-10,15H,11H2,1H3,(H,19,21)/t15-,18-/m0/s1. The molecule has 0 unspecified atom stereocenters. The van der Waals surface area contributed by atoms with Crippen molar-refractivity contribution in [3.8, 4) is 0 Å². The van der Waals surface area contributed by atoms with Gasteiger partial charge in [-0.15, -0.1) is 0 Å². The molecule has 0 aliphatic carbocycles. The van der Waals surface area contributed by atoms with Crippen LogP contribution in [0.25, 0.3) is 0 Å². The fourth-order valence-electron chi connectivity index (χ4n) is 3.41. The number of benzene rings is 2. The summed E-state index contributed by atoms with van der Waals surface area (Å²) in [5, 5.41) is 2.83. The second-order valence-electron chi connectivity index (χ2n) is 5.94. The van der Waals surface area contributed by atoms with Gasteiger partial charge in [0.15, 0.2) is 0 Å². The number of rotatable bonds is 1. The molecule has 23 heavy (non-hydrogen) atoms. The van der Waals surface area contributed by atoms with Gasteiger partial charge in [-0.05, 0) is 11.6 Å². The minimum atomic E-state index is -1.25. The topological polar surface area (TPSA) is 58.6 Å². The van der Waals surface area contributed by atoms with Crippen LogP contribution in [0.5, 0.6) is 0 Å². The van der Waals surface area contributed by atoms with E-state index in [4.69, 9.17) is 4.74 Å². The average molecular weight is 308 g/mol. The lowest BCUT2D eigenvalue weighted by atomic mass is 9.84. The van der Waals surface area contributed by atoms with Crippen molar-refractivity contribution < 1.29 is 14.3 Å². The van der Waals surface area contributed by atoms with Crippen LogP contribution in [-0.4, -0.2) is 23.9 Å². The van der Waals surface area contributed by atoms with Crippen LogP contribution in [-0.2, 0) is 15.1 Å². The van der Waals surface area contributed by atoms with E-state index in [0.717, 1.165) is 11.1 Å². The summed E-state index contributed by atoms with van der Waals surface area (Å²) in [7, 11) is 1.70. The number of fused-ring (bicyclic) bond motifs is 2. The van der Waals surface area contributed by atoms with Crippen LogP contribution in [0.15, 0.2) is 54.6 Å². The third-order valence-electron chi connectivity index (χ3n) is 4.66. The molecule has 0 saturated carbocycles. The smallest absolute Gasteiger partial charge is 0.411 e. The van der Waals surface area contributed by atoms with Crippen molar-refractivity contribution >= 4 is 17.7 Å². The number of amides is 2. The van der Waals surface area contributed by atoms with E-state index in [1.54, 1.807) is 11.9 Å². The van der Waals surface area contributed by atoms with Crippen LogP contribution in [0.1, 0.15) is 23.6 Å². The Labute approximate surface area is 133 Å². The van der Waals surface area contributed by atoms with Crippen molar-refractivity contribution in [1.82, 2.24) is 4.90 Å². The highest BCUT2D eigenvalue weighted by Crippen LogP contribution is 2.48. The van der Waals surface area contributed by atoms with Crippen molar-refractivity contribution in [3.63, 3.8) is 0 Å². The Kier molecular flexibility index (Phi) is 2.91. The maximum Gasteiger partial charge on any atom is 0.411 e. The Morgan fingerprint density at radius 1 is 1.09 bits per heavy atom. The summed E-state index contributed by atoms with van der Waals surface area (Å²) in [5.41, 5.74) is 1.18. The van der Waals surface area contributed by atoms with Crippen LogP contribution >= 0.6 is 0 Å². The predicted molar refractivity (Wildman–Crippen MR) is 84.8 cm³/mol. The third-order valence-corrected chi connectivity index (χ3v) is 4.66. The first-order valence-corrected chi connectivity index (χ1v) is 7.53. The summed E-state index contributed by atoms with van der Waals surface area (Å²) in [4.78, 5) is 26.6. The quantitative estimate of drug-likeness (QED) is 0.881. The largest absolute Gasteiger partial charge is 0.427 e. The van der Waals surface area contributed by atoms with Gasteiger partial charge in [0.05, 0.1) is 6.04 Å². The number of ether oxygens (including phenoxy) is 1. The van der Waals surface area contributed by atoms with Gasteiger partial charge in [-0.25, -0.2) is 4.79 Å². The van der Waals surface area contributed by atoms with Crippen molar-refractivity contribution in [2.24, 2.45) is 0 Å². The van der Waals surface area contributed by atoms with Gasteiger partial charge < -0.3 is 15.0 Å². The summed E-state index contributed by atoms with van der Waals surface area (Å²) in [6.45, 7) is 0. The molecule has 2 aliphatic heterocycles. The summed E-state index contributed by atoms with van der Waals surface area (Å²) in [5.74, 6) is -0.277. The number of hydrogen-bond acceptors (Lipinski definition) is 3. The molecule has 4 rings (SSSR count). The highest BCUT2D eigenvalue weighted by molar-refractivity contribution is 6.06. The van der Waals surface area contributed by atoms with Crippen LogP contribution in [0, 0.1) is 0 Å². The van der Waals surface area contributed by atoms with Gasteiger partial charge >= 0.3 is 6.09 Å². The molecule has 2 amide bonds. The molecule has 1 N–H and O–H groups in total. The van der Waals surface area contributed by atoms with Crippen LogP contribution in [0.3, 0.4) is 0 Å². The number of nitrogens with one attached hydrogen (secondary N) is 1. The van der Waals surface area contributed by atoms with Gasteiger partial charge in [0.2, 0.25) is 5.60 Å². The molecule has 2 atom stereocenters. The van der Waals surface area contributed by atoms with Crippen LogP contribution < -0.4 is 5.32 Å². The molecular formula is C18H16N2O3. The molecule has 2 aliphatic rings. The first-order valence-electron chi connectivity index (χ1n) is 7.53. The lowest BCUT2D eigenvalue weighted by Gasteiger charge is -2.41. The van der Waals surface area contributed by atoms with Crippen molar-refractivity contribution in [1.29, 1.82) is 0 Å². The molecule has 5 heteroatoms. The Bertz CT molecular complexity index is 790. The lowest BCUT2D eigenvalue weighted by molar-refractivity contribution is -0.142. The van der Waals surface area contributed by atoms with Crippen molar-refractivity contribution in [2.75, 3.05) is 12.4 Å². The molecule has 2 aromatic rings. The summed E-state index contributed by atoms with van der Waals surface area (Å²) >= 11 is 0. The van der Waals surface area contributed by atoms with E-state index in [0.29, 0.717) is 12.1 Å². The fourth-order valence-corrected chi connectivity index (χ4v) is 3.41. The molecule has 2 heterocycles. The number of anilines is 1. The number of carbonyl (C=O) groups is 2. The number of hydrogen-bond donors (Lipinski definition) is 1. The first-order chi connectivity index (χ1) is 11.1. The maximum atomic E-state index is 12.6. The van der Waals surface area contributed by atoms with E-state index in [1.807, 2.05) is 54.6 Å². The molecule has 2 aromatic carbocycles. The molecule has 0 bridgehead atoms. The monoisotopic (exact) mass is 308 g/mol. The Balaban J connectivity index is 1.82. The fraction of sp³-hybridized carbons (Fsp3) is 0.222. The van der Waals surface area contributed by atoms with Gasteiger partial charge in [-0.3, -0.25) is 4.79 Å². The second kappa shape index (κ2) is 4.84. The van der Waals surface area contributed by atoms with Gasteiger partial charge in [0.1, 0.15) is 0 Å². The Morgan fingerprint density at radius 3 is 2.57 bits per heavy atom. The Hall–Kier alpha value is -2.82. The zero-order chi connectivity index (χ0) is 16.0. The Morgan fingerprint density at radius 2 is 1.78 bits per heavy atom. The number of nitrogens with zero attached hydrogens (tertiary/aromatic N) is 1. The summed E-state index contributed by atoms with van der Waals surface area (Å²) < 4.78 is 5.61. The third kappa shape index (κ3) is 1.93. The van der Waals surface area contributed by atoms with Crippen molar-refractivity contribution in [3.05, 3.63) is 65.7 Å². The summed E-state index contributed by atoms with van der Waals surface area (Å²) in [6, 6.07) is 16.9. The van der Waals surface area contributed by atoms with E-state index in [2.05, 4.69) is 5.32 Å². The molecule has 1 spiro atoms.